The molecule has 0 aromatic heterocycles. The zero-order chi connectivity index (χ0) is 20.8. The molecule has 0 atom stereocenters. The van der Waals surface area contributed by atoms with Crippen molar-refractivity contribution in [3.8, 4) is 5.75 Å². The van der Waals surface area contributed by atoms with Crippen molar-refractivity contribution in [1.82, 2.24) is 10.2 Å². The molecule has 1 aliphatic rings. The Morgan fingerprint density at radius 1 is 0.967 bits per heavy atom. The first-order valence-electron chi connectivity index (χ1n) is 10.4. The number of fused-ring (bicyclic) bond motifs is 1. The molecule has 5 nitrogen and oxygen atoms in total. The van der Waals surface area contributed by atoms with Crippen LogP contribution in [0.4, 0.5) is 0 Å². The maximum Gasteiger partial charge on any atom is 0.223 e. The summed E-state index contributed by atoms with van der Waals surface area (Å²) in [6.07, 6.45) is 1.85. The highest BCUT2D eigenvalue weighted by molar-refractivity contribution is 5.83. The van der Waals surface area contributed by atoms with Gasteiger partial charge < -0.3 is 15.0 Å². The Balaban J connectivity index is 1.26. The fourth-order valence-corrected chi connectivity index (χ4v) is 3.76. The Kier molecular flexibility index (Phi) is 6.28. The predicted octanol–water partition coefficient (Wildman–Crippen LogP) is 4.05. The van der Waals surface area contributed by atoms with Crippen molar-refractivity contribution in [2.45, 2.75) is 32.4 Å². The SMILES string of the molecule is O=C(CCOc1ccc2ccccc2c1)NCc1ccccc1CN1CCCC1=O. The molecule has 1 N–H and O–H groups in total. The second kappa shape index (κ2) is 9.44. The quantitative estimate of drug-likeness (QED) is 0.618. The molecule has 0 bridgehead atoms. The van der Waals surface area contributed by atoms with Crippen LogP contribution in [0.25, 0.3) is 10.8 Å². The molecule has 30 heavy (non-hydrogen) atoms. The molecule has 0 radical (unpaired) electrons. The van der Waals surface area contributed by atoms with E-state index in [1.54, 1.807) is 0 Å². The summed E-state index contributed by atoms with van der Waals surface area (Å²) in [6, 6.07) is 22.0. The monoisotopic (exact) mass is 402 g/mol. The summed E-state index contributed by atoms with van der Waals surface area (Å²) in [5, 5.41) is 5.25. The molecule has 154 valence electrons. The van der Waals surface area contributed by atoms with E-state index in [1.165, 1.54) is 0 Å². The minimum absolute atomic E-state index is 0.0529. The average Bonchev–Trinajstić information content (AvgIpc) is 3.17. The van der Waals surface area contributed by atoms with Crippen LogP contribution < -0.4 is 10.1 Å². The zero-order valence-electron chi connectivity index (χ0n) is 17.0. The van der Waals surface area contributed by atoms with Crippen molar-refractivity contribution in [1.29, 1.82) is 0 Å². The molecule has 0 unspecified atom stereocenters. The number of likely N-dealkylation sites (tertiary alicyclic amines) is 1. The van der Waals surface area contributed by atoms with Crippen molar-refractivity contribution >= 4 is 22.6 Å². The molecular formula is C25H26N2O3. The van der Waals surface area contributed by atoms with E-state index in [2.05, 4.69) is 11.4 Å². The Morgan fingerprint density at radius 2 is 1.73 bits per heavy atom. The van der Waals surface area contributed by atoms with Gasteiger partial charge in [-0.1, -0.05) is 54.6 Å². The van der Waals surface area contributed by atoms with Gasteiger partial charge in [0.25, 0.3) is 0 Å². The molecule has 1 heterocycles. The number of carbonyl (C=O) groups is 2. The molecule has 5 heteroatoms. The zero-order valence-corrected chi connectivity index (χ0v) is 17.0. The highest BCUT2D eigenvalue weighted by atomic mass is 16.5. The topological polar surface area (TPSA) is 58.6 Å². The highest BCUT2D eigenvalue weighted by Gasteiger charge is 2.20. The summed E-state index contributed by atoms with van der Waals surface area (Å²) >= 11 is 0. The van der Waals surface area contributed by atoms with E-state index in [4.69, 9.17) is 4.74 Å². The van der Waals surface area contributed by atoms with Gasteiger partial charge in [0.05, 0.1) is 13.0 Å². The van der Waals surface area contributed by atoms with Crippen LogP contribution in [0.2, 0.25) is 0 Å². The minimum atomic E-state index is -0.0529. The summed E-state index contributed by atoms with van der Waals surface area (Å²) in [5.41, 5.74) is 2.13. The maximum atomic E-state index is 12.3. The van der Waals surface area contributed by atoms with Gasteiger partial charge in [-0.15, -0.1) is 0 Å². The van der Waals surface area contributed by atoms with Crippen molar-refractivity contribution in [3.63, 3.8) is 0 Å². The number of nitrogens with zero attached hydrogens (tertiary/aromatic N) is 1. The van der Waals surface area contributed by atoms with Crippen molar-refractivity contribution in [3.05, 3.63) is 77.9 Å². The lowest BCUT2D eigenvalue weighted by atomic mass is 10.1. The highest BCUT2D eigenvalue weighted by Crippen LogP contribution is 2.21. The van der Waals surface area contributed by atoms with Crippen LogP contribution >= 0.6 is 0 Å². The maximum absolute atomic E-state index is 12.3. The second-order valence-electron chi connectivity index (χ2n) is 7.57. The van der Waals surface area contributed by atoms with Gasteiger partial charge >= 0.3 is 0 Å². The van der Waals surface area contributed by atoms with Gasteiger partial charge in [-0.05, 0) is 40.5 Å². The number of nitrogens with one attached hydrogen (secondary N) is 1. The molecule has 1 aliphatic heterocycles. The second-order valence-corrected chi connectivity index (χ2v) is 7.57. The average molecular weight is 402 g/mol. The van der Waals surface area contributed by atoms with E-state index < -0.39 is 0 Å². The Morgan fingerprint density at radius 3 is 2.53 bits per heavy atom. The summed E-state index contributed by atoms with van der Waals surface area (Å²) in [5.74, 6) is 0.921. The number of hydrogen-bond acceptors (Lipinski definition) is 3. The largest absolute Gasteiger partial charge is 0.493 e. The molecule has 3 aromatic rings. The Labute approximate surface area is 176 Å². The normalized spacial score (nSPS) is 13.6. The van der Waals surface area contributed by atoms with E-state index in [0.29, 0.717) is 32.5 Å². The van der Waals surface area contributed by atoms with Gasteiger partial charge in [-0.25, -0.2) is 0 Å². The summed E-state index contributed by atoms with van der Waals surface area (Å²) in [7, 11) is 0. The summed E-state index contributed by atoms with van der Waals surface area (Å²) in [4.78, 5) is 26.1. The molecule has 0 saturated carbocycles. The fraction of sp³-hybridized carbons (Fsp3) is 0.280. The van der Waals surface area contributed by atoms with Crippen LogP contribution in [0, 0.1) is 0 Å². The molecular weight excluding hydrogens is 376 g/mol. The third-order valence-corrected chi connectivity index (χ3v) is 5.45. The van der Waals surface area contributed by atoms with Crippen LogP contribution in [0.15, 0.2) is 66.7 Å². The lowest BCUT2D eigenvalue weighted by Gasteiger charge is -2.18. The van der Waals surface area contributed by atoms with E-state index in [-0.39, 0.29) is 11.8 Å². The fourth-order valence-electron chi connectivity index (χ4n) is 3.76. The number of hydrogen-bond donors (Lipinski definition) is 1. The van der Waals surface area contributed by atoms with E-state index >= 15 is 0 Å². The summed E-state index contributed by atoms with van der Waals surface area (Å²) in [6.45, 7) is 2.20. The van der Waals surface area contributed by atoms with Gasteiger partial charge in [0.1, 0.15) is 5.75 Å². The van der Waals surface area contributed by atoms with Crippen molar-refractivity contribution < 1.29 is 14.3 Å². The molecule has 3 aromatic carbocycles. The van der Waals surface area contributed by atoms with E-state index in [9.17, 15) is 9.59 Å². The molecule has 1 fully saturated rings. The van der Waals surface area contributed by atoms with Crippen molar-refractivity contribution in [2.24, 2.45) is 0 Å². The smallest absolute Gasteiger partial charge is 0.223 e. The third-order valence-electron chi connectivity index (χ3n) is 5.45. The summed E-state index contributed by atoms with van der Waals surface area (Å²) < 4.78 is 5.76. The first kappa shape index (κ1) is 20.0. The number of amides is 2. The predicted molar refractivity (Wildman–Crippen MR) is 117 cm³/mol. The van der Waals surface area contributed by atoms with Gasteiger partial charge in [-0.2, -0.15) is 0 Å². The number of ether oxygens (including phenoxy) is 1. The minimum Gasteiger partial charge on any atom is -0.493 e. The number of benzene rings is 3. The molecule has 1 saturated heterocycles. The molecule has 4 rings (SSSR count). The van der Waals surface area contributed by atoms with Gasteiger partial charge in [0, 0.05) is 26.1 Å². The lowest BCUT2D eigenvalue weighted by molar-refractivity contribution is -0.128. The molecule has 0 spiro atoms. The Bertz CT molecular complexity index is 1050. The third kappa shape index (κ3) is 4.98. The van der Waals surface area contributed by atoms with Crippen LogP contribution in [0.3, 0.4) is 0 Å². The van der Waals surface area contributed by atoms with E-state index in [0.717, 1.165) is 40.6 Å². The van der Waals surface area contributed by atoms with E-state index in [1.807, 2.05) is 65.6 Å². The standard InChI is InChI=1S/C25H26N2O3/c28-24(13-15-30-23-12-11-19-6-1-2-7-20(19)16-23)26-17-21-8-3-4-9-22(21)18-27-14-5-10-25(27)29/h1-4,6-9,11-12,16H,5,10,13-15,17-18H2,(H,26,28). The first-order chi connectivity index (χ1) is 14.7. The van der Waals surface area contributed by atoms with Gasteiger partial charge in [0.15, 0.2) is 0 Å². The van der Waals surface area contributed by atoms with Crippen molar-refractivity contribution in [2.75, 3.05) is 13.2 Å². The van der Waals surface area contributed by atoms with Crippen LogP contribution in [-0.2, 0) is 22.7 Å². The lowest BCUT2D eigenvalue weighted by Crippen LogP contribution is -2.27. The van der Waals surface area contributed by atoms with Crippen LogP contribution in [-0.4, -0.2) is 29.9 Å². The molecule has 2 amide bonds. The van der Waals surface area contributed by atoms with Crippen LogP contribution in [0.5, 0.6) is 5.75 Å². The van der Waals surface area contributed by atoms with Gasteiger partial charge in [-0.3, -0.25) is 9.59 Å². The number of carbonyl (C=O) groups excluding carboxylic acids is 2. The Hall–Kier alpha value is -3.34. The molecule has 0 aliphatic carbocycles. The first-order valence-corrected chi connectivity index (χ1v) is 10.4. The van der Waals surface area contributed by atoms with Crippen LogP contribution in [0.1, 0.15) is 30.4 Å². The number of rotatable bonds is 8. The van der Waals surface area contributed by atoms with Gasteiger partial charge in [0.2, 0.25) is 11.8 Å².